The lowest BCUT2D eigenvalue weighted by Gasteiger charge is -2.24. The Morgan fingerprint density at radius 3 is 1.27 bits per heavy atom. The van der Waals surface area contributed by atoms with Gasteiger partial charge in [0.15, 0.2) is 0 Å². The third-order valence-electron chi connectivity index (χ3n) is 5.38. The van der Waals surface area contributed by atoms with Gasteiger partial charge in [-0.15, -0.1) is 0 Å². The molecule has 0 radical (unpaired) electrons. The highest BCUT2D eigenvalue weighted by atomic mass is 32.2. The molecular weight excluding hydrogens is 614 g/mol. The van der Waals surface area contributed by atoms with Crippen LogP contribution in [0, 0.1) is 0 Å². The van der Waals surface area contributed by atoms with E-state index in [0.717, 1.165) is 0 Å². The fourth-order valence-corrected chi connectivity index (χ4v) is 4.05. The normalized spacial score (nSPS) is 12.0. The van der Waals surface area contributed by atoms with E-state index in [9.17, 15) is 13.2 Å². The van der Waals surface area contributed by atoms with Crippen LogP contribution in [0.4, 0.5) is 4.79 Å². The van der Waals surface area contributed by atoms with Gasteiger partial charge in [-0.25, -0.2) is 4.79 Å². The molecule has 1 aromatic rings. The van der Waals surface area contributed by atoms with E-state index in [2.05, 4.69) is 0 Å². The van der Waals surface area contributed by atoms with E-state index >= 15 is 0 Å². The summed E-state index contributed by atoms with van der Waals surface area (Å²) in [6.07, 6.45) is -0.372. The Morgan fingerprint density at radius 2 is 0.911 bits per heavy atom. The summed E-state index contributed by atoms with van der Waals surface area (Å²) < 4.78 is 77.5. The van der Waals surface area contributed by atoms with Crippen molar-refractivity contribution in [2.24, 2.45) is 0 Å². The minimum atomic E-state index is -3.76. The monoisotopic (exact) mass is 667 g/mol. The molecule has 0 aromatic heterocycles. The minimum Gasteiger partial charge on any atom is -0.444 e. The zero-order valence-electron chi connectivity index (χ0n) is 27.3. The lowest BCUT2D eigenvalue weighted by molar-refractivity contribution is -0.0240. The molecule has 1 rings (SSSR count). The molecular formula is C30H53NO13S. The van der Waals surface area contributed by atoms with Crippen molar-refractivity contribution in [2.75, 3.05) is 126 Å². The maximum Gasteiger partial charge on any atom is 0.410 e. The van der Waals surface area contributed by atoms with Crippen molar-refractivity contribution in [3.8, 4) is 0 Å². The number of rotatable bonds is 29. The summed E-state index contributed by atoms with van der Waals surface area (Å²) in [5, 5.41) is 0. The van der Waals surface area contributed by atoms with Crippen LogP contribution in [-0.2, 0) is 56.9 Å². The molecule has 0 bridgehead atoms. The second-order valence-corrected chi connectivity index (χ2v) is 12.0. The van der Waals surface area contributed by atoms with Crippen LogP contribution in [0.5, 0.6) is 0 Å². The summed E-state index contributed by atoms with van der Waals surface area (Å²) in [5.74, 6) is 0. The first-order chi connectivity index (χ1) is 21.6. The van der Waals surface area contributed by atoms with E-state index in [1.54, 1.807) is 25.2 Å². The molecule has 0 N–H and O–H groups in total. The molecule has 14 nitrogen and oxygen atoms in total. The van der Waals surface area contributed by atoms with Gasteiger partial charge >= 0.3 is 6.09 Å². The van der Waals surface area contributed by atoms with Crippen molar-refractivity contribution in [2.45, 2.75) is 31.3 Å². The van der Waals surface area contributed by atoms with E-state index in [1.165, 1.54) is 17.0 Å². The fourth-order valence-electron chi connectivity index (χ4n) is 3.13. The second-order valence-electron chi connectivity index (χ2n) is 10.4. The van der Waals surface area contributed by atoms with Gasteiger partial charge in [0.1, 0.15) is 5.60 Å². The zero-order chi connectivity index (χ0) is 33.1. The first kappa shape index (κ1) is 41.1. The number of amides is 1. The molecule has 15 heteroatoms. The first-order valence-corrected chi connectivity index (χ1v) is 16.5. The highest BCUT2D eigenvalue weighted by molar-refractivity contribution is 7.86. The number of nitrogens with zero attached hydrogens (tertiary/aromatic N) is 1. The molecule has 0 saturated carbocycles. The molecule has 0 saturated heterocycles. The molecule has 0 aliphatic carbocycles. The Morgan fingerprint density at radius 1 is 0.578 bits per heavy atom. The molecule has 0 atom stereocenters. The molecule has 0 spiro atoms. The third kappa shape index (κ3) is 24.9. The first-order valence-electron chi connectivity index (χ1n) is 15.1. The van der Waals surface area contributed by atoms with Gasteiger partial charge in [0.2, 0.25) is 0 Å². The molecule has 0 unspecified atom stereocenters. The number of benzene rings is 1. The summed E-state index contributed by atoms with van der Waals surface area (Å²) >= 11 is 0. The molecule has 0 aliphatic rings. The van der Waals surface area contributed by atoms with Crippen molar-refractivity contribution >= 4 is 16.2 Å². The largest absolute Gasteiger partial charge is 0.444 e. The smallest absolute Gasteiger partial charge is 0.410 e. The fraction of sp³-hybridized carbons (Fsp3) is 0.767. The van der Waals surface area contributed by atoms with Crippen LogP contribution in [0.1, 0.15) is 20.8 Å². The number of likely N-dealkylation sites (N-methyl/N-ethyl adjacent to an activating group) is 1. The van der Waals surface area contributed by atoms with Crippen molar-refractivity contribution in [3.05, 3.63) is 30.3 Å². The molecule has 1 aromatic carbocycles. The number of hydrogen-bond donors (Lipinski definition) is 0. The number of ether oxygens (including phenoxy) is 9. The van der Waals surface area contributed by atoms with Crippen molar-refractivity contribution in [1.82, 2.24) is 4.90 Å². The quantitative estimate of drug-likeness (QED) is 0.0911. The highest BCUT2D eigenvalue weighted by Crippen LogP contribution is 2.11. The van der Waals surface area contributed by atoms with E-state index in [1.807, 2.05) is 20.8 Å². The van der Waals surface area contributed by atoms with Gasteiger partial charge in [-0.1, -0.05) is 18.2 Å². The Labute approximate surface area is 268 Å². The Hall–Kier alpha value is -1.92. The maximum atomic E-state index is 12.0. The molecule has 262 valence electrons. The molecule has 0 fully saturated rings. The van der Waals surface area contributed by atoms with Crippen LogP contribution in [0.3, 0.4) is 0 Å². The van der Waals surface area contributed by atoms with Crippen LogP contribution in [0.15, 0.2) is 35.2 Å². The minimum absolute atomic E-state index is 0.0622. The molecule has 0 heterocycles. The van der Waals surface area contributed by atoms with Crippen molar-refractivity contribution < 1.29 is 60.0 Å². The van der Waals surface area contributed by atoms with Crippen molar-refractivity contribution in [3.63, 3.8) is 0 Å². The number of carbonyl (C=O) groups is 1. The lowest BCUT2D eigenvalue weighted by Crippen LogP contribution is -2.36. The van der Waals surface area contributed by atoms with Gasteiger partial charge in [-0.3, -0.25) is 4.18 Å². The van der Waals surface area contributed by atoms with Crippen LogP contribution >= 0.6 is 0 Å². The Bertz CT molecular complexity index is 945. The van der Waals surface area contributed by atoms with Crippen LogP contribution in [0.2, 0.25) is 0 Å². The lowest BCUT2D eigenvalue weighted by atomic mass is 10.2. The number of hydrogen-bond acceptors (Lipinski definition) is 13. The molecule has 45 heavy (non-hydrogen) atoms. The topological polar surface area (TPSA) is 147 Å². The van der Waals surface area contributed by atoms with Crippen LogP contribution in [0.25, 0.3) is 0 Å². The van der Waals surface area contributed by atoms with Gasteiger partial charge in [-0.05, 0) is 32.9 Å². The molecule has 1 amide bonds. The van der Waals surface area contributed by atoms with Crippen molar-refractivity contribution in [1.29, 1.82) is 0 Å². The second kappa shape index (κ2) is 26.2. The Balaban J connectivity index is 1.72. The third-order valence-corrected chi connectivity index (χ3v) is 6.70. The van der Waals surface area contributed by atoms with Crippen LogP contribution in [-0.4, -0.2) is 151 Å². The average molecular weight is 668 g/mol. The number of carbonyl (C=O) groups excluding carboxylic acids is 1. The summed E-state index contributed by atoms with van der Waals surface area (Å²) in [5.41, 5.74) is -0.517. The average Bonchev–Trinajstić information content (AvgIpc) is 3.00. The predicted octanol–water partition coefficient (Wildman–Crippen LogP) is 2.39. The maximum absolute atomic E-state index is 12.0. The SMILES string of the molecule is CN(CCOCCOCCOCCOCCOCCOCCOCCOCCOS(=O)(=O)c1ccccc1)C(=O)OC(C)(C)C. The van der Waals surface area contributed by atoms with E-state index in [4.69, 9.17) is 46.8 Å². The van der Waals surface area contributed by atoms with Gasteiger partial charge in [-0.2, -0.15) is 8.42 Å². The van der Waals surface area contributed by atoms with Gasteiger partial charge in [0, 0.05) is 13.6 Å². The summed E-state index contributed by atoms with van der Waals surface area (Å²) in [4.78, 5) is 13.4. The van der Waals surface area contributed by atoms with Gasteiger partial charge in [0.05, 0.1) is 117 Å². The summed E-state index contributed by atoms with van der Waals surface area (Å²) in [6, 6.07) is 7.96. The summed E-state index contributed by atoms with van der Waals surface area (Å²) in [6.45, 7) is 12.5. The van der Waals surface area contributed by atoms with Gasteiger partial charge < -0.3 is 47.5 Å². The Kier molecular flexibility index (Phi) is 23.9. The van der Waals surface area contributed by atoms with Gasteiger partial charge in [0.25, 0.3) is 10.1 Å². The standard InChI is InChI=1S/C30H53NO13S/c1-30(2,3)44-29(32)31(4)10-11-35-12-13-36-14-15-37-16-17-38-18-19-39-20-21-40-22-23-41-24-25-42-26-27-43-45(33,34)28-8-6-5-7-9-28/h5-9H,10-27H2,1-4H3. The van der Waals surface area contributed by atoms with E-state index < -0.39 is 15.7 Å². The summed E-state index contributed by atoms with van der Waals surface area (Å²) in [7, 11) is -2.09. The van der Waals surface area contributed by atoms with E-state index in [0.29, 0.717) is 106 Å². The zero-order valence-corrected chi connectivity index (χ0v) is 28.1. The highest BCUT2D eigenvalue weighted by Gasteiger charge is 2.19. The molecule has 0 aliphatic heterocycles. The predicted molar refractivity (Wildman–Crippen MR) is 165 cm³/mol. The van der Waals surface area contributed by atoms with Crippen LogP contribution < -0.4 is 0 Å². The van der Waals surface area contributed by atoms with E-state index in [-0.39, 0.29) is 24.2 Å².